The van der Waals surface area contributed by atoms with Crippen LogP contribution in [0.25, 0.3) is 0 Å². The molecule has 1 fully saturated rings. The molecule has 1 heterocycles. The van der Waals surface area contributed by atoms with Gasteiger partial charge in [-0.1, -0.05) is 122 Å². The lowest BCUT2D eigenvalue weighted by Gasteiger charge is -2.25. The zero-order chi connectivity index (χ0) is 17.1. The van der Waals surface area contributed by atoms with Crippen molar-refractivity contribution in [3.63, 3.8) is 0 Å². The van der Waals surface area contributed by atoms with E-state index in [4.69, 9.17) is 8.23 Å². The summed E-state index contributed by atoms with van der Waals surface area (Å²) in [5.74, 6) is 0. The second kappa shape index (κ2) is 18.2. The van der Waals surface area contributed by atoms with Crippen LogP contribution in [0.4, 0.5) is 0 Å². The zero-order valence-electron chi connectivity index (χ0n) is 16.5. The first-order valence-electron chi connectivity index (χ1n) is 11.2. The van der Waals surface area contributed by atoms with E-state index in [2.05, 4.69) is 6.92 Å². The number of hydrogen-bond acceptors (Lipinski definition) is 2. The lowest BCUT2D eigenvalue weighted by Crippen LogP contribution is -2.38. The summed E-state index contributed by atoms with van der Waals surface area (Å²) in [6.45, 7) is 2.30. The monoisotopic (exact) mass is 372 g/mol. The Morgan fingerprint density at radius 3 is 1.12 bits per heavy atom. The van der Waals surface area contributed by atoms with Crippen molar-refractivity contribution in [1.82, 2.24) is 0 Å². The van der Waals surface area contributed by atoms with E-state index >= 15 is 0 Å². The molecule has 1 saturated heterocycles. The van der Waals surface area contributed by atoms with Crippen molar-refractivity contribution >= 4 is 19.3 Å². The molecule has 2 nitrogen and oxygen atoms in total. The summed E-state index contributed by atoms with van der Waals surface area (Å²) in [6.07, 6.45) is 26.1. The van der Waals surface area contributed by atoms with Crippen molar-refractivity contribution in [2.24, 2.45) is 0 Å². The number of unbranched alkanes of at least 4 members (excludes halogenated alkanes) is 17. The van der Waals surface area contributed by atoms with Crippen molar-refractivity contribution in [3.05, 3.63) is 0 Å². The molecule has 0 bridgehead atoms. The van der Waals surface area contributed by atoms with Gasteiger partial charge in [-0.2, -0.15) is 0 Å². The first kappa shape index (κ1) is 22.4. The summed E-state index contributed by atoms with van der Waals surface area (Å²) < 4.78 is 11.0. The average Bonchev–Trinajstić information content (AvgIpc) is 2.55. The first-order chi connectivity index (χ1) is 11.9. The predicted molar refractivity (Wildman–Crippen MR) is 111 cm³/mol. The molecule has 0 aromatic rings. The van der Waals surface area contributed by atoms with Gasteiger partial charge in [0.25, 0.3) is 10.0 Å². The van der Waals surface area contributed by atoms with E-state index in [0.717, 1.165) is 0 Å². The number of rotatable bonds is 19. The van der Waals surface area contributed by atoms with Gasteiger partial charge in [0, 0.05) is 0 Å². The highest BCUT2D eigenvalue weighted by atomic mass is 28.4. The normalized spacial score (nSPS) is 18.1. The van der Waals surface area contributed by atoms with Crippen molar-refractivity contribution in [3.8, 4) is 0 Å². The fourth-order valence-corrected chi connectivity index (χ4v) is 6.81. The van der Waals surface area contributed by atoms with Crippen molar-refractivity contribution < 1.29 is 8.23 Å². The molecule has 0 atom stereocenters. The Morgan fingerprint density at radius 2 is 0.833 bits per heavy atom. The Kier molecular flexibility index (Phi) is 16.9. The summed E-state index contributed by atoms with van der Waals surface area (Å²) in [5.41, 5.74) is 0. The molecule has 0 amide bonds. The second-order valence-electron chi connectivity index (χ2n) is 7.68. The molecule has 0 unspecified atom stereocenters. The summed E-state index contributed by atoms with van der Waals surface area (Å²) in [5, 5.41) is 0. The molecular weight excluding hydrogens is 328 g/mol. The summed E-state index contributed by atoms with van der Waals surface area (Å²) >= 11 is 0. The smallest absolute Gasteiger partial charge is 0.303 e. The molecule has 144 valence electrons. The SMILES string of the molecule is CCCCCCCCCCCCCCCCCCCC[SiH]1O[SiH2]O1. The molecule has 24 heavy (non-hydrogen) atoms. The fourth-order valence-electron chi connectivity index (χ4n) is 3.54. The second-order valence-corrected chi connectivity index (χ2v) is 12.0. The Morgan fingerprint density at radius 1 is 0.500 bits per heavy atom. The molecule has 1 rings (SSSR count). The maximum Gasteiger partial charge on any atom is 0.303 e. The molecule has 1 aliphatic rings. The van der Waals surface area contributed by atoms with Gasteiger partial charge in [-0.15, -0.1) is 0 Å². The minimum Gasteiger partial charge on any atom is -0.422 e. The molecule has 0 saturated carbocycles. The standard InChI is InChI=1S/C20H44O2Si2/c1-2-3-4-5-6-7-8-9-10-11-12-13-14-15-16-17-18-19-20-24-21-23-22-24/h24H,2-20,23H2,1H3. The number of hydrogen-bond donors (Lipinski definition) is 0. The third-order valence-corrected chi connectivity index (χ3v) is 10.2. The van der Waals surface area contributed by atoms with E-state index < -0.39 is 19.3 Å². The van der Waals surface area contributed by atoms with Gasteiger partial charge in [0.15, 0.2) is 0 Å². The third kappa shape index (κ3) is 14.7. The maximum absolute atomic E-state index is 5.52. The van der Waals surface area contributed by atoms with Crippen LogP contribution in [0.3, 0.4) is 0 Å². The largest absolute Gasteiger partial charge is 0.422 e. The third-order valence-electron chi connectivity index (χ3n) is 5.30. The average molecular weight is 373 g/mol. The summed E-state index contributed by atoms with van der Waals surface area (Å²) in [4.78, 5) is 0. The first-order valence-corrected chi connectivity index (χ1v) is 14.1. The van der Waals surface area contributed by atoms with Gasteiger partial charge in [-0.05, 0) is 6.04 Å². The van der Waals surface area contributed by atoms with Gasteiger partial charge in [0.05, 0.1) is 0 Å². The molecule has 1 aliphatic heterocycles. The van der Waals surface area contributed by atoms with Gasteiger partial charge >= 0.3 is 9.28 Å². The highest BCUT2D eigenvalue weighted by Crippen LogP contribution is 2.15. The Hall–Kier alpha value is 0.354. The lowest BCUT2D eigenvalue weighted by molar-refractivity contribution is 0.309. The Labute approximate surface area is 156 Å². The van der Waals surface area contributed by atoms with E-state index in [0.29, 0.717) is 0 Å². The molecule has 0 spiro atoms. The van der Waals surface area contributed by atoms with Crippen LogP contribution < -0.4 is 0 Å². The van der Waals surface area contributed by atoms with Crippen LogP contribution in [-0.2, 0) is 8.23 Å². The zero-order valence-corrected chi connectivity index (χ0v) is 19.1. The van der Waals surface area contributed by atoms with Gasteiger partial charge in [0.1, 0.15) is 0 Å². The van der Waals surface area contributed by atoms with Gasteiger partial charge in [0.2, 0.25) is 0 Å². The molecule has 0 radical (unpaired) electrons. The van der Waals surface area contributed by atoms with Crippen LogP contribution in [0, 0.1) is 0 Å². The highest BCUT2D eigenvalue weighted by Gasteiger charge is 2.20. The molecule has 0 aromatic heterocycles. The molecule has 0 N–H and O–H groups in total. The van der Waals surface area contributed by atoms with Crippen LogP contribution in [0.1, 0.15) is 122 Å². The van der Waals surface area contributed by atoms with Crippen LogP contribution in [0.2, 0.25) is 6.04 Å². The topological polar surface area (TPSA) is 18.5 Å². The van der Waals surface area contributed by atoms with Crippen molar-refractivity contribution in [2.75, 3.05) is 0 Å². The van der Waals surface area contributed by atoms with E-state index in [1.807, 2.05) is 0 Å². The molecule has 4 heteroatoms. The van der Waals surface area contributed by atoms with Gasteiger partial charge in [-0.25, -0.2) is 0 Å². The predicted octanol–water partition coefficient (Wildman–Crippen LogP) is 6.29. The van der Waals surface area contributed by atoms with Gasteiger partial charge in [-0.3, -0.25) is 0 Å². The summed E-state index contributed by atoms with van der Waals surface area (Å²) in [7, 11) is -1.48. The van der Waals surface area contributed by atoms with E-state index in [-0.39, 0.29) is 0 Å². The molecule has 0 aromatic carbocycles. The maximum atomic E-state index is 5.52. The van der Waals surface area contributed by atoms with Crippen LogP contribution in [0.5, 0.6) is 0 Å². The van der Waals surface area contributed by atoms with E-state index in [1.54, 1.807) is 0 Å². The van der Waals surface area contributed by atoms with Crippen LogP contribution >= 0.6 is 0 Å². The van der Waals surface area contributed by atoms with E-state index in [1.165, 1.54) is 122 Å². The van der Waals surface area contributed by atoms with Crippen molar-refractivity contribution in [1.29, 1.82) is 0 Å². The molecular formula is C20H44O2Si2. The minimum atomic E-state index is -1.04. The summed E-state index contributed by atoms with van der Waals surface area (Å²) in [6, 6.07) is 1.27. The van der Waals surface area contributed by atoms with E-state index in [9.17, 15) is 0 Å². The van der Waals surface area contributed by atoms with Gasteiger partial charge < -0.3 is 8.23 Å². The van der Waals surface area contributed by atoms with Crippen molar-refractivity contribution in [2.45, 2.75) is 129 Å². The Balaban J connectivity index is 1.60. The Bertz CT molecular complexity index is 248. The lowest BCUT2D eigenvalue weighted by atomic mass is 10.0. The van der Waals surface area contributed by atoms with Crippen LogP contribution in [0.15, 0.2) is 0 Å². The quantitative estimate of drug-likeness (QED) is 0.196. The van der Waals surface area contributed by atoms with Crippen LogP contribution in [-0.4, -0.2) is 19.3 Å². The minimum absolute atomic E-state index is 0.450. The molecule has 0 aliphatic carbocycles. The fraction of sp³-hybridized carbons (Fsp3) is 1.00. The highest BCUT2D eigenvalue weighted by molar-refractivity contribution is 6.64.